The van der Waals surface area contributed by atoms with Crippen molar-refractivity contribution < 1.29 is 4.74 Å². The van der Waals surface area contributed by atoms with Crippen molar-refractivity contribution in [2.24, 2.45) is 4.99 Å². The smallest absolute Gasteiger partial charge is 0.191 e. The first-order chi connectivity index (χ1) is 12.2. The summed E-state index contributed by atoms with van der Waals surface area (Å²) in [7, 11) is 3.64. The number of hydrogen-bond donors (Lipinski definition) is 2. The van der Waals surface area contributed by atoms with Gasteiger partial charge in [-0.05, 0) is 52.1 Å². The van der Waals surface area contributed by atoms with Gasteiger partial charge in [-0.15, -0.1) is 0 Å². The van der Waals surface area contributed by atoms with Crippen molar-refractivity contribution in [3.05, 3.63) is 0 Å². The van der Waals surface area contributed by atoms with Gasteiger partial charge < -0.3 is 20.3 Å². The molecule has 2 aliphatic heterocycles. The van der Waals surface area contributed by atoms with Gasteiger partial charge in [0.25, 0.3) is 0 Å². The molecule has 25 heavy (non-hydrogen) atoms. The number of nitrogens with one attached hydrogen (secondary N) is 2. The number of hydrogen-bond acceptors (Lipinski definition) is 4. The molecule has 0 spiro atoms. The number of piperidine rings is 1. The van der Waals surface area contributed by atoms with E-state index in [9.17, 15) is 0 Å². The molecule has 2 unspecified atom stereocenters. The van der Waals surface area contributed by atoms with Crippen molar-refractivity contribution >= 4 is 5.96 Å². The van der Waals surface area contributed by atoms with Crippen LogP contribution in [-0.4, -0.2) is 87.9 Å². The maximum atomic E-state index is 5.22. The summed E-state index contributed by atoms with van der Waals surface area (Å²) in [6.07, 6.45) is 7.85. The molecule has 2 atom stereocenters. The average molecular weight is 354 g/mol. The third kappa shape index (κ3) is 7.12. The number of likely N-dealkylation sites (tertiary alicyclic amines) is 2. The molecule has 146 valence electrons. The molecule has 6 nitrogen and oxygen atoms in total. The molecular weight excluding hydrogens is 314 g/mol. The van der Waals surface area contributed by atoms with Crippen LogP contribution < -0.4 is 10.6 Å². The van der Waals surface area contributed by atoms with Crippen molar-refractivity contribution in [1.29, 1.82) is 0 Å². The first-order valence-corrected chi connectivity index (χ1v) is 10.2. The van der Waals surface area contributed by atoms with Gasteiger partial charge in [-0.1, -0.05) is 6.42 Å². The van der Waals surface area contributed by atoms with Gasteiger partial charge in [0.15, 0.2) is 5.96 Å². The lowest BCUT2D eigenvalue weighted by Crippen LogP contribution is -2.46. The van der Waals surface area contributed by atoms with Crippen LogP contribution in [0.25, 0.3) is 0 Å². The molecule has 2 heterocycles. The summed E-state index contributed by atoms with van der Waals surface area (Å²) in [5.74, 6) is 0.935. The zero-order valence-electron chi connectivity index (χ0n) is 16.6. The fraction of sp³-hybridized carbons (Fsp3) is 0.947. The molecule has 0 amide bonds. The average Bonchev–Trinajstić information content (AvgIpc) is 3.08. The Labute approximate surface area is 154 Å². The van der Waals surface area contributed by atoms with Crippen LogP contribution in [0.1, 0.15) is 45.4 Å². The molecule has 2 N–H and O–H groups in total. The van der Waals surface area contributed by atoms with Crippen LogP contribution in [0.4, 0.5) is 0 Å². The maximum Gasteiger partial charge on any atom is 0.191 e. The van der Waals surface area contributed by atoms with Gasteiger partial charge in [-0.25, -0.2) is 0 Å². The second kappa shape index (κ2) is 11.7. The minimum absolute atomic E-state index is 0.600. The van der Waals surface area contributed by atoms with Gasteiger partial charge in [0, 0.05) is 52.4 Å². The fourth-order valence-electron chi connectivity index (χ4n) is 4.04. The van der Waals surface area contributed by atoms with E-state index < -0.39 is 0 Å². The summed E-state index contributed by atoms with van der Waals surface area (Å²) in [5, 5.41) is 6.98. The van der Waals surface area contributed by atoms with Crippen LogP contribution in [-0.2, 0) is 4.74 Å². The highest BCUT2D eigenvalue weighted by atomic mass is 16.5. The zero-order chi connectivity index (χ0) is 17.9. The highest BCUT2D eigenvalue weighted by molar-refractivity contribution is 5.79. The lowest BCUT2D eigenvalue weighted by molar-refractivity contribution is 0.141. The molecule has 0 saturated carbocycles. The van der Waals surface area contributed by atoms with Gasteiger partial charge in [0.05, 0.1) is 6.61 Å². The minimum atomic E-state index is 0.600. The number of rotatable bonds is 9. The van der Waals surface area contributed by atoms with E-state index in [1.165, 1.54) is 58.2 Å². The molecule has 2 rings (SSSR count). The highest BCUT2D eigenvalue weighted by Gasteiger charge is 2.24. The molecule has 2 aliphatic rings. The van der Waals surface area contributed by atoms with E-state index in [-0.39, 0.29) is 0 Å². The Morgan fingerprint density at radius 3 is 2.68 bits per heavy atom. The minimum Gasteiger partial charge on any atom is -0.383 e. The van der Waals surface area contributed by atoms with E-state index in [1.54, 1.807) is 7.11 Å². The Hall–Kier alpha value is -0.850. The Morgan fingerprint density at radius 1 is 1.08 bits per heavy atom. The normalized spacial score (nSPS) is 26.1. The standard InChI is InChI=1S/C19H39N5O/c1-17-8-4-5-11-23(17)13-7-10-21-19(20-2)22-16-18-9-6-12-24(18)14-15-25-3/h17-18H,4-16H2,1-3H3,(H2,20,21,22). The molecule has 0 aromatic carbocycles. The van der Waals surface area contributed by atoms with Gasteiger partial charge in [-0.3, -0.25) is 9.89 Å². The van der Waals surface area contributed by atoms with Gasteiger partial charge >= 0.3 is 0 Å². The maximum absolute atomic E-state index is 5.22. The zero-order valence-corrected chi connectivity index (χ0v) is 16.6. The van der Waals surface area contributed by atoms with Crippen LogP contribution in [0.5, 0.6) is 0 Å². The van der Waals surface area contributed by atoms with E-state index >= 15 is 0 Å². The predicted octanol–water partition coefficient (Wildman–Crippen LogP) is 1.53. The molecule has 2 saturated heterocycles. The topological polar surface area (TPSA) is 52.1 Å². The monoisotopic (exact) mass is 353 g/mol. The summed E-state index contributed by atoms with van der Waals surface area (Å²) in [6.45, 7) is 9.82. The fourth-order valence-corrected chi connectivity index (χ4v) is 4.04. The molecule has 0 aromatic heterocycles. The van der Waals surface area contributed by atoms with E-state index in [1.807, 2.05) is 7.05 Å². The van der Waals surface area contributed by atoms with Gasteiger partial charge in [0.1, 0.15) is 0 Å². The van der Waals surface area contributed by atoms with Crippen LogP contribution in [0.3, 0.4) is 0 Å². The van der Waals surface area contributed by atoms with Crippen molar-refractivity contribution in [2.75, 3.05) is 60.0 Å². The molecule has 0 radical (unpaired) electrons. The summed E-state index contributed by atoms with van der Waals surface area (Å²) in [6, 6.07) is 1.36. The first-order valence-electron chi connectivity index (χ1n) is 10.2. The lowest BCUT2D eigenvalue weighted by Gasteiger charge is -2.33. The number of ether oxygens (including phenoxy) is 1. The second-order valence-electron chi connectivity index (χ2n) is 7.44. The molecule has 2 fully saturated rings. The van der Waals surface area contributed by atoms with Crippen molar-refractivity contribution in [2.45, 2.75) is 57.5 Å². The Morgan fingerprint density at radius 2 is 1.92 bits per heavy atom. The van der Waals surface area contributed by atoms with Crippen molar-refractivity contribution in [3.8, 4) is 0 Å². The number of nitrogens with zero attached hydrogens (tertiary/aromatic N) is 3. The second-order valence-corrected chi connectivity index (χ2v) is 7.44. The van der Waals surface area contributed by atoms with Crippen LogP contribution >= 0.6 is 0 Å². The molecular formula is C19H39N5O. The summed E-state index contributed by atoms with van der Waals surface area (Å²) >= 11 is 0. The van der Waals surface area contributed by atoms with E-state index in [4.69, 9.17) is 4.74 Å². The van der Waals surface area contributed by atoms with E-state index in [2.05, 4.69) is 32.3 Å². The third-order valence-electron chi connectivity index (χ3n) is 5.67. The van der Waals surface area contributed by atoms with Crippen LogP contribution in [0.15, 0.2) is 4.99 Å². The number of aliphatic imine (C=N–C) groups is 1. The summed E-state index contributed by atoms with van der Waals surface area (Å²) < 4.78 is 5.22. The SMILES string of the molecule is CN=C(NCCCN1CCCCC1C)NCC1CCCN1CCOC. The molecule has 0 aromatic rings. The third-order valence-corrected chi connectivity index (χ3v) is 5.67. The quantitative estimate of drug-likeness (QED) is 0.374. The van der Waals surface area contributed by atoms with E-state index in [0.717, 1.165) is 38.2 Å². The Kier molecular flexibility index (Phi) is 9.58. The van der Waals surface area contributed by atoms with E-state index in [0.29, 0.717) is 6.04 Å². The van der Waals surface area contributed by atoms with Gasteiger partial charge in [-0.2, -0.15) is 0 Å². The predicted molar refractivity (Wildman–Crippen MR) is 105 cm³/mol. The number of methoxy groups -OCH3 is 1. The largest absolute Gasteiger partial charge is 0.383 e. The van der Waals surface area contributed by atoms with Crippen molar-refractivity contribution in [3.63, 3.8) is 0 Å². The molecule has 0 aliphatic carbocycles. The van der Waals surface area contributed by atoms with Crippen LogP contribution in [0.2, 0.25) is 0 Å². The Balaban J connectivity index is 1.60. The van der Waals surface area contributed by atoms with Crippen molar-refractivity contribution in [1.82, 2.24) is 20.4 Å². The number of guanidine groups is 1. The van der Waals surface area contributed by atoms with Crippen LogP contribution in [0, 0.1) is 0 Å². The molecule has 6 heteroatoms. The highest BCUT2D eigenvalue weighted by Crippen LogP contribution is 2.16. The first kappa shape index (κ1) is 20.5. The Bertz CT molecular complexity index is 390. The lowest BCUT2D eigenvalue weighted by atomic mass is 10.0. The molecule has 0 bridgehead atoms. The summed E-state index contributed by atoms with van der Waals surface area (Å²) in [5.41, 5.74) is 0. The summed E-state index contributed by atoms with van der Waals surface area (Å²) in [4.78, 5) is 9.53. The van der Waals surface area contributed by atoms with Gasteiger partial charge in [0.2, 0.25) is 0 Å².